The maximum absolute atomic E-state index is 12.0. The lowest BCUT2D eigenvalue weighted by molar-refractivity contribution is -0.121. The van der Waals surface area contributed by atoms with Gasteiger partial charge in [0.05, 0.1) is 36.9 Å². The predicted octanol–water partition coefficient (Wildman–Crippen LogP) is -1.04. The highest BCUT2D eigenvalue weighted by atomic mass is 16.5. The van der Waals surface area contributed by atoms with E-state index >= 15 is 0 Å². The van der Waals surface area contributed by atoms with Crippen LogP contribution in [-0.4, -0.2) is 31.4 Å². The Balaban J connectivity index is 1.65. The highest BCUT2D eigenvalue weighted by molar-refractivity contribution is 5.95. The Bertz CT molecular complexity index is 720. The average molecular weight is 304 g/mol. The van der Waals surface area contributed by atoms with Crippen molar-refractivity contribution in [2.75, 3.05) is 22.9 Å². The largest absolute Gasteiger partial charge is 0.483 e. The van der Waals surface area contributed by atoms with Crippen LogP contribution in [0.3, 0.4) is 0 Å². The molecule has 10 heteroatoms. The monoisotopic (exact) mass is 304 g/mol. The zero-order valence-electron chi connectivity index (χ0n) is 11.6. The molecule has 0 bridgehead atoms. The Hall–Kier alpha value is -3.17. The number of nitrogens with zero attached hydrogens (tertiary/aromatic N) is 4. The molecule has 116 valence electrons. The fraction of sp³-hybridized carbons (Fsp3) is 0.250. The number of allylic oxidation sites excluding steroid dienone is 1. The minimum absolute atomic E-state index is 0.157. The van der Waals surface area contributed by atoms with Crippen LogP contribution in [0.5, 0.6) is 0 Å². The van der Waals surface area contributed by atoms with E-state index in [1.165, 1.54) is 15.4 Å². The van der Waals surface area contributed by atoms with Crippen molar-refractivity contribution in [1.82, 2.24) is 19.6 Å². The molecular formula is C12H16N8O2. The van der Waals surface area contributed by atoms with Crippen molar-refractivity contribution in [2.24, 2.45) is 0 Å². The highest BCUT2D eigenvalue weighted by Gasteiger charge is 2.28. The van der Waals surface area contributed by atoms with Gasteiger partial charge in [0.1, 0.15) is 5.76 Å². The second-order valence-electron chi connectivity index (χ2n) is 4.98. The Kier molecular flexibility index (Phi) is 3.13. The molecule has 1 aliphatic rings. The number of nitrogens with two attached hydrogens (primary N) is 4. The number of carbonyl (C=O) groups excluding carboxylic acids is 1. The first-order chi connectivity index (χ1) is 10.4. The van der Waals surface area contributed by atoms with Crippen LogP contribution in [0.25, 0.3) is 0 Å². The van der Waals surface area contributed by atoms with E-state index in [0.717, 1.165) is 0 Å². The van der Waals surface area contributed by atoms with Gasteiger partial charge in [0.15, 0.2) is 17.7 Å². The molecule has 0 aliphatic carbocycles. The second kappa shape index (κ2) is 4.98. The minimum Gasteiger partial charge on any atom is -0.483 e. The van der Waals surface area contributed by atoms with Crippen molar-refractivity contribution in [3.05, 3.63) is 24.2 Å². The van der Waals surface area contributed by atoms with Crippen molar-refractivity contribution >= 4 is 28.8 Å². The summed E-state index contributed by atoms with van der Waals surface area (Å²) in [6.07, 6.45) is 3.89. The van der Waals surface area contributed by atoms with Gasteiger partial charge in [-0.2, -0.15) is 10.2 Å². The van der Waals surface area contributed by atoms with Crippen LogP contribution in [0.1, 0.15) is 0 Å². The third-order valence-corrected chi connectivity index (χ3v) is 3.23. The molecule has 0 aromatic carbocycles. The Morgan fingerprint density at radius 2 is 1.64 bits per heavy atom. The quantitative estimate of drug-likeness (QED) is 0.555. The van der Waals surface area contributed by atoms with Crippen LogP contribution >= 0.6 is 0 Å². The summed E-state index contributed by atoms with van der Waals surface area (Å²) in [5, 5.41) is 8.00. The lowest BCUT2D eigenvalue weighted by Crippen LogP contribution is -2.24. The van der Waals surface area contributed by atoms with Crippen molar-refractivity contribution in [1.29, 1.82) is 0 Å². The van der Waals surface area contributed by atoms with Gasteiger partial charge in [-0.1, -0.05) is 0 Å². The van der Waals surface area contributed by atoms with Crippen LogP contribution in [0.15, 0.2) is 24.2 Å². The Morgan fingerprint density at radius 1 is 1.05 bits per heavy atom. The van der Waals surface area contributed by atoms with Crippen molar-refractivity contribution < 1.29 is 9.53 Å². The fourth-order valence-corrected chi connectivity index (χ4v) is 2.14. The maximum Gasteiger partial charge on any atom is 0.201 e. The molecule has 1 unspecified atom stereocenters. The molecule has 22 heavy (non-hydrogen) atoms. The lowest BCUT2D eigenvalue weighted by Gasteiger charge is -2.12. The standard InChI is InChI=1S/C12H16N8O2/c13-7-3-19(17-11(7)15)2-6-1-9(21)10(22-6)5-20-4-8(14)12(16)18-20/h1,3-4,10H,2,5,13-14H2,(H2,15,17)(H2,16,18). The molecule has 3 rings (SSSR count). The van der Waals surface area contributed by atoms with Gasteiger partial charge in [0.25, 0.3) is 0 Å². The number of ketones is 1. The van der Waals surface area contributed by atoms with Crippen molar-refractivity contribution in [3.63, 3.8) is 0 Å². The van der Waals surface area contributed by atoms with E-state index in [4.69, 9.17) is 27.7 Å². The van der Waals surface area contributed by atoms with E-state index in [1.807, 2.05) is 0 Å². The van der Waals surface area contributed by atoms with Gasteiger partial charge in [-0.05, 0) is 0 Å². The zero-order valence-corrected chi connectivity index (χ0v) is 11.6. The molecule has 0 saturated heterocycles. The van der Waals surface area contributed by atoms with Crippen molar-refractivity contribution in [2.45, 2.75) is 19.2 Å². The summed E-state index contributed by atoms with van der Waals surface area (Å²) in [6.45, 7) is 0.497. The molecule has 0 fully saturated rings. The van der Waals surface area contributed by atoms with E-state index in [-0.39, 0.29) is 30.5 Å². The van der Waals surface area contributed by atoms with Crippen LogP contribution in [0.2, 0.25) is 0 Å². The number of ether oxygens (including phenoxy) is 1. The molecule has 0 saturated carbocycles. The summed E-state index contributed by atoms with van der Waals surface area (Å²) >= 11 is 0. The van der Waals surface area contributed by atoms with Gasteiger partial charge < -0.3 is 27.7 Å². The summed E-state index contributed by atoms with van der Waals surface area (Å²) in [5.74, 6) is 0.784. The molecule has 2 aromatic heterocycles. The van der Waals surface area contributed by atoms with Crippen LogP contribution in [0, 0.1) is 0 Å². The zero-order chi connectivity index (χ0) is 15.9. The van der Waals surface area contributed by atoms with Crippen LogP contribution < -0.4 is 22.9 Å². The maximum atomic E-state index is 12.0. The molecule has 0 amide bonds. The number of rotatable bonds is 4. The Morgan fingerprint density at radius 3 is 2.18 bits per heavy atom. The molecule has 10 nitrogen and oxygen atoms in total. The normalized spacial score (nSPS) is 17.5. The first-order valence-electron chi connectivity index (χ1n) is 6.50. The number of hydrogen-bond donors (Lipinski definition) is 4. The molecule has 0 spiro atoms. The summed E-state index contributed by atoms with van der Waals surface area (Å²) in [6, 6.07) is 0. The van der Waals surface area contributed by atoms with Gasteiger partial charge in [-0.3, -0.25) is 14.2 Å². The third kappa shape index (κ3) is 2.53. The summed E-state index contributed by atoms with van der Waals surface area (Å²) in [7, 11) is 0. The van der Waals surface area contributed by atoms with Gasteiger partial charge in [0, 0.05) is 6.08 Å². The third-order valence-electron chi connectivity index (χ3n) is 3.23. The second-order valence-corrected chi connectivity index (χ2v) is 4.98. The van der Waals surface area contributed by atoms with Gasteiger partial charge in [-0.25, -0.2) is 0 Å². The van der Waals surface area contributed by atoms with E-state index in [9.17, 15) is 4.79 Å². The van der Waals surface area contributed by atoms with Gasteiger partial charge in [0.2, 0.25) is 5.78 Å². The lowest BCUT2D eigenvalue weighted by atomic mass is 10.2. The summed E-state index contributed by atoms with van der Waals surface area (Å²) in [5.41, 5.74) is 23.1. The van der Waals surface area contributed by atoms with Crippen molar-refractivity contribution in [3.8, 4) is 0 Å². The molecule has 0 radical (unpaired) electrons. The molecule has 1 atom stereocenters. The van der Waals surface area contributed by atoms with E-state index < -0.39 is 6.10 Å². The first-order valence-corrected chi connectivity index (χ1v) is 6.50. The molecular weight excluding hydrogens is 288 g/mol. The number of anilines is 4. The van der Waals surface area contributed by atoms with Crippen LogP contribution in [0.4, 0.5) is 23.0 Å². The molecule has 3 heterocycles. The highest BCUT2D eigenvalue weighted by Crippen LogP contribution is 2.20. The summed E-state index contributed by atoms with van der Waals surface area (Å²) in [4.78, 5) is 12.0. The van der Waals surface area contributed by atoms with E-state index in [1.54, 1.807) is 12.4 Å². The van der Waals surface area contributed by atoms with Gasteiger partial charge in [-0.15, -0.1) is 0 Å². The Labute approximate surface area is 125 Å². The topological polar surface area (TPSA) is 166 Å². The predicted molar refractivity (Wildman–Crippen MR) is 80.1 cm³/mol. The smallest absolute Gasteiger partial charge is 0.201 e. The van der Waals surface area contributed by atoms with E-state index in [2.05, 4.69) is 10.2 Å². The summed E-state index contributed by atoms with van der Waals surface area (Å²) < 4.78 is 8.60. The minimum atomic E-state index is -0.668. The van der Waals surface area contributed by atoms with E-state index in [0.29, 0.717) is 17.1 Å². The first kappa shape index (κ1) is 13.8. The van der Waals surface area contributed by atoms with Gasteiger partial charge >= 0.3 is 0 Å². The average Bonchev–Trinajstić information content (AvgIpc) is 3.03. The number of hydrogen-bond acceptors (Lipinski definition) is 8. The number of nitrogen functional groups attached to an aromatic ring is 4. The number of aromatic nitrogens is 4. The molecule has 2 aromatic rings. The molecule has 1 aliphatic heterocycles. The SMILES string of the molecule is Nc1cn(CC2=CC(=O)C(Cn3cc(N)c(N)n3)O2)nc1N. The van der Waals surface area contributed by atoms with Crippen LogP contribution in [-0.2, 0) is 22.6 Å². The molecule has 8 N–H and O–H groups in total. The number of carbonyl (C=O) groups is 1. The fourth-order valence-electron chi connectivity index (χ4n) is 2.14.